The molecule has 0 fully saturated rings. The molecule has 1 aromatic heterocycles. The van der Waals surface area contributed by atoms with Crippen molar-refractivity contribution in [2.45, 2.75) is 26.9 Å². The van der Waals surface area contributed by atoms with E-state index >= 15 is 0 Å². The highest BCUT2D eigenvalue weighted by Crippen LogP contribution is 2.17. The van der Waals surface area contributed by atoms with Crippen molar-refractivity contribution in [3.05, 3.63) is 48.0 Å². The van der Waals surface area contributed by atoms with Crippen molar-refractivity contribution >= 4 is 11.7 Å². The molecule has 0 saturated carbocycles. The van der Waals surface area contributed by atoms with Gasteiger partial charge in [0.25, 0.3) is 0 Å². The third kappa shape index (κ3) is 3.17. The second-order valence-electron chi connectivity index (χ2n) is 4.25. The van der Waals surface area contributed by atoms with E-state index in [1.165, 1.54) is 0 Å². The Hall–Kier alpha value is -2.30. The van der Waals surface area contributed by atoms with Gasteiger partial charge >= 0.3 is 5.97 Å². The van der Waals surface area contributed by atoms with E-state index in [-0.39, 0.29) is 5.97 Å². The van der Waals surface area contributed by atoms with Gasteiger partial charge in [0.2, 0.25) is 0 Å². The van der Waals surface area contributed by atoms with Gasteiger partial charge in [-0.3, -0.25) is 0 Å². The largest absolute Gasteiger partial charge is 0.462 e. The number of nitrogens with zero attached hydrogens (tertiary/aromatic N) is 2. The fourth-order valence-corrected chi connectivity index (χ4v) is 1.99. The minimum Gasteiger partial charge on any atom is -0.462 e. The van der Waals surface area contributed by atoms with E-state index in [4.69, 9.17) is 4.74 Å². The first kappa shape index (κ1) is 14.1. The molecule has 0 spiro atoms. The maximum absolute atomic E-state index is 11.9. The fourth-order valence-electron chi connectivity index (χ4n) is 1.99. The molecular weight excluding hydrogens is 254 g/mol. The summed E-state index contributed by atoms with van der Waals surface area (Å²) in [7, 11) is 0. The second kappa shape index (κ2) is 6.75. The molecule has 0 saturated heterocycles. The van der Waals surface area contributed by atoms with Gasteiger partial charge < -0.3 is 14.6 Å². The highest BCUT2D eigenvalue weighted by atomic mass is 16.5. The Morgan fingerprint density at radius 2 is 2.15 bits per heavy atom. The highest BCUT2D eigenvalue weighted by molar-refractivity contribution is 5.95. The third-order valence-electron chi connectivity index (χ3n) is 3.00. The summed E-state index contributed by atoms with van der Waals surface area (Å²) in [6.45, 7) is 5.67. The van der Waals surface area contributed by atoms with Crippen molar-refractivity contribution in [1.29, 1.82) is 0 Å². The topological polar surface area (TPSA) is 56.1 Å². The molecule has 0 aliphatic rings. The Bertz CT molecular complexity index is 578. The lowest BCUT2D eigenvalue weighted by Crippen LogP contribution is -2.12. The van der Waals surface area contributed by atoms with Crippen LogP contribution in [0, 0.1) is 0 Å². The lowest BCUT2D eigenvalue weighted by atomic mass is 10.2. The second-order valence-corrected chi connectivity index (χ2v) is 4.25. The van der Waals surface area contributed by atoms with Crippen LogP contribution in [-0.2, 0) is 17.8 Å². The Labute approximate surface area is 118 Å². The lowest BCUT2D eigenvalue weighted by molar-refractivity contribution is 0.0527. The first-order valence-electron chi connectivity index (χ1n) is 6.76. The molecule has 2 rings (SSSR count). The van der Waals surface area contributed by atoms with Gasteiger partial charge in [-0.05, 0) is 26.0 Å². The summed E-state index contributed by atoms with van der Waals surface area (Å²) in [6, 6.07) is 7.33. The normalized spacial score (nSPS) is 10.3. The average Bonchev–Trinajstić information content (AvgIpc) is 2.93. The molecule has 0 atom stereocenters. The number of aryl methyl sites for hydroxylation is 1. The van der Waals surface area contributed by atoms with Gasteiger partial charge in [-0.25, -0.2) is 9.78 Å². The summed E-state index contributed by atoms with van der Waals surface area (Å²) in [5, 5.41) is 3.25. The number of carbonyl (C=O) groups excluding carboxylic acids is 1. The summed E-state index contributed by atoms with van der Waals surface area (Å²) in [4.78, 5) is 16.2. The van der Waals surface area contributed by atoms with Crippen molar-refractivity contribution in [2.75, 3.05) is 11.9 Å². The maximum Gasteiger partial charge on any atom is 0.340 e. The van der Waals surface area contributed by atoms with Crippen LogP contribution in [0.3, 0.4) is 0 Å². The van der Waals surface area contributed by atoms with Crippen LogP contribution in [0.1, 0.15) is 30.0 Å². The van der Waals surface area contributed by atoms with Gasteiger partial charge in [0.05, 0.1) is 18.7 Å². The van der Waals surface area contributed by atoms with Gasteiger partial charge in [-0.2, -0.15) is 0 Å². The summed E-state index contributed by atoms with van der Waals surface area (Å²) in [5.41, 5.74) is 1.31. The number of hydrogen-bond donors (Lipinski definition) is 1. The van der Waals surface area contributed by atoms with Crippen LogP contribution in [0.15, 0.2) is 36.7 Å². The van der Waals surface area contributed by atoms with E-state index in [9.17, 15) is 4.79 Å². The Morgan fingerprint density at radius 1 is 1.35 bits per heavy atom. The summed E-state index contributed by atoms with van der Waals surface area (Å²) in [6.07, 6.45) is 3.71. The van der Waals surface area contributed by atoms with Crippen LogP contribution >= 0.6 is 0 Å². The van der Waals surface area contributed by atoms with Crippen molar-refractivity contribution in [2.24, 2.45) is 0 Å². The summed E-state index contributed by atoms with van der Waals surface area (Å²) in [5.74, 6) is 0.626. The molecule has 0 bridgehead atoms. The molecule has 106 valence electrons. The van der Waals surface area contributed by atoms with Crippen molar-refractivity contribution in [1.82, 2.24) is 9.55 Å². The number of rotatable bonds is 6. The molecule has 1 heterocycles. The molecule has 0 aliphatic heterocycles. The SMILES string of the molecule is CCOC(=O)c1ccccc1NCc1nccn1CC. The number of imidazole rings is 1. The molecule has 1 aromatic carbocycles. The quantitative estimate of drug-likeness (QED) is 0.822. The number of para-hydroxylation sites is 1. The molecule has 1 N–H and O–H groups in total. The molecule has 0 radical (unpaired) electrons. The Morgan fingerprint density at radius 3 is 2.90 bits per heavy atom. The summed E-state index contributed by atoms with van der Waals surface area (Å²) >= 11 is 0. The van der Waals surface area contributed by atoms with Crippen molar-refractivity contribution < 1.29 is 9.53 Å². The van der Waals surface area contributed by atoms with Crippen LogP contribution in [0.5, 0.6) is 0 Å². The monoisotopic (exact) mass is 273 g/mol. The molecule has 0 aliphatic carbocycles. The summed E-state index contributed by atoms with van der Waals surface area (Å²) < 4.78 is 7.11. The van der Waals surface area contributed by atoms with Crippen LogP contribution < -0.4 is 5.32 Å². The standard InChI is InChI=1S/C15H19N3O2/c1-3-18-10-9-16-14(18)11-17-13-8-6-5-7-12(13)15(19)20-4-2/h5-10,17H,3-4,11H2,1-2H3. The number of nitrogens with one attached hydrogen (secondary N) is 1. The van der Waals surface area contributed by atoms with E-state index in [2.05, 4.69) is 21.8 Å². The van der Waals surface area contributed by atoms with E-state index in [0.29, 0.717) is 18.7 Å². The zero-order valence-electron chi connectivity index (χ0n) is 11.8. The van der Waals surface area contributed by atoms with Crippen LogP contribution in [0.2, 0.25) is 0 Å². The average molecular weight is 273 g/mol. The van der Waals surface area contributed by atoms with Crippen molar-refractivity contribution in [3.8, 4) is 0 Å². The van der Waals surface area contributed by atoms with E-state index in [0.717, 1.165) is 18.1 Å². The lowest BCUT2D eigenvalue weighted by Gasteiger charge is -2.11. The molecule has 5 nitrogen and oxygen atoms in total. The number of aromatic nitrogens is 2. The van der Waals surface area contributed by atoms with Gasteiger partial charge in [0, 0.05) is 24.6 Å². The van der Waals surface area contributed by atoms with E-state index in [1.807, 2.05) is 24.4 Å². The first-order chi connectivity index (χ1) is 9.76. The minimum absolute atomic E-state index is 0.311. The zero-order valence-corrected chi connectivity index (χ0v) is 11.8. The highest BCUT2D eigenvalue weighted by Gasteiger charge is 2.12. The molecule has 2 aromatic rings. The molecular formula is C15H19N3O2. The Kier molecular flexibility index (Phi) is 4.76. The van der Waals surface area contributed by atoms with E-state index in [1.54, 1.807) is 19.2 Å². The first-order valence-corrected chi connectivity index (χ1v) is 6.76. The number of hydrogen-bond acceptors (Lipinski definition) is 4. The minimum atomic E-state index is -0.311. The zero-order chi connectivity index (χ0) is 14.4. The number of carbonyl (C=O) groups is 1. The van der Waals surface area contributed by atoms with E-state index < -0.39 is 0 Å². The predicted molar refractivity (Wildman–Crippen MR) is 77.6 cm³/mol. The van der Waals surface area contributed by atoms with Crippen LogP contribution in [0.4, 0.5) is 5.69 Å². The number of anilines is 1. The van der Waals surface area contributed by atoms with Crippen LogP contribution in [-0.4, -0.2) is 22.1 Å². The number of esters is 1. The van der Waals surface area contributed by atoms with Gasteiger partial charge in [-0.15, -0.1) is 0 Å². The fraction of sp³-hybridized carbons (Fsp3) is 0.333. The molecule has 5 heteroatoms. The molecule has 20 heavy (non-hydrogen) atoms. The van der Waals surface area contributed by atoms with Crippen LogP contribution in [0.25, 0.3) is 0 Å². The van der Waals surface area contributed by atoms with Gasteiger partial charge in [-0.1, -0.05) is 12.1 Å². The Balaban J connectivity index is 2.11. The predicted octanol–water partition coefficient (Wildman–Crippen LogP) is 2.69. The number of benzene rings is 1. The van der Waals surface area contributed by atoms with Crippen molar-refractivity contribution in [3.63, 3.8) is 0 Å². The van der Waals surface area contributed by atoms with Gasteiger partial charge in [0.15, 0.2) is 0 Å². The smallest absolute Gasteiger partial charge is 0.340 e. The third-order valence-corrected chi connectivity index (χ3v) is 3.00. The molecule has 0 unspecified atom stereocenters. The maximum atomic E-state index is 11.9. The number of ether oxygens (including phenoxy) is 1. The molecule has 0 amide bonds. The van der Waals surface area contributed by atoms with Gasteiger partial charge in [0.1, 0.15) is 5.82 Å².